The molecule has 1 aliphatic heterocycles. The topological polar surface area (TPSA) is 151 Å². The van der Waals surface area contributed by atoms with E-state index in [1.165, 1.54) is 0 Å². The zero-order valence-corrected chi connectivity index (χ0v) is 10.3. The third kappa shape index (κ3) is 2.39. The molecule has 0 radical (unpaired) electrons. The molecule has 5 atom stereocenters. The standard InChI is InChI=1S/C12H16O8/c13-3-7-9(17)10(18)11(19)12(20-7)8-5(15)1-4(14)2-6(8)16/h1-2,7,9-19H,3H2/t7-,9-,10+,11-,12+/m1/s1. The number of hydrogen-bond donors (Lipinski definition) is 7. The van der Waals surface area contributed by atoms with Crippen molar-refractivity contribution in [1.29, 1.82) is 0 Å². The van der Waals surface area contributed by atoms with Gasteiger partial charge in [0.15, 0.2) is 0 Å². The van der Waals surface area contributed by atoms with Crippen LogP contribution in [0.4, 0.5) is 0 Å². The lowest BCUT2D eigenvalue weighted by Crippen LogP contribution is -2.55. The van der Waals surface area contributed by atoms with Crippen molar-refractivity contribution in [2.45, 2.75) is 30.5 Å². The van der Waals surface area contributed by atoms with E-state index in [0.29, 0.717) is 0 Å². The van der Waals surface area contributed by atoms with Crippen LogP contribution < -0.4 is 0 Å². The van der Waals surface area contributed by atoms with E-state index < -0.39 is 54.4 Å². The van der Waals surface area contributed by atoms with Crippen molar-refractivity contribution in [1.82, 2.24) is 0 Å². The van der Waals surface area contributed by atoms with Crippen molar-refractivity contribution >= 4 is 0 Å². The van der Waals surface area contributed by atoms with Crippen LogP contribution in [0.2, 0.25) is 0 Å². The van der Waals surface area contributed by atoms with Crippen molar-refractivity contribution in [3.05, 3.63) is 17.7 Å². The number of phenols is 3. The summed E-state index contributed by atoms with van der Waals surface area (Å²) in [6, 6.07) is 1.85. The first-order valence-electron chi connectivity index (χ1n) is 5.92. The van der Waals surface area contributed by atoms with E-state index in [1.54, 1.807) is 0 Å². The molecular formula is C12H16O8. The summed E-state index contributed by atoms with van der Waals surface area (Å²) >= 11 is 0. The van der Waals surface area contributed by atoms with Crippen LogP contribution in [0, 0.1) is 0 Å². The average Bonchev–Trinajstić information content (AvgIpc) is 2.37. The van der Waals surface area contributed by atoms with Gasteiger partial charge in [0.2, 0.25) is 0 Å². The van der Waals surface area contributed by atoms with Crippen molar-refractivity contribution in [3.63, 3.8) is 0 Å². The predicted octanol–water partition coefficient (Wildman–Crippen LogP) is -1.68. The molecular weight excluding hydrogens is 272 g/mol. The van der Waals surface area contributed by atoms with Crippen molar-refractivity contribution in [3.8, 4) is 17.2 Å². The van der Waals surface area contributed by atoms with Gasteiger partial charge in [0.05, 0.1) is 12.2 Å². The minimum absolute atomic E-state index is 0.250. The molecule has 0 bridgehead atoms. The Kier molecular flexibility index (Phi) is 4.02. The zero-order valence-electron chi connectivity index (χ0n) is 10.3. The molecule has 1 aliphatic rings. The predicted molar refractivity (Wildman–Crippen MR) is 64.2 cm³/mol. The highest BCUT2D eigenvalue weighted by Gasteiger charge is 2.45. The molecule has 1 saturated heterocycles. The van der Waals surface area contributed by atoms with Crippen molar-refractivity contribution < 1.29 is 40.5 Å². The summed E-state index contributed by atoms with van der Waals surface area (Å²) in [4.78, 5) is 0. The summed E-state index contributed by atoms with van der Waals surface area (Å²) in [7, 11) is 0. The third-order valence-corrected chi connectivity index (χ3v) is 3.30. The smallest absolute Gasteiger partial charge is 0.128 e. The zero-order chi connectivity index (χ0) is 15.0. The van der Waals surface area contributed by atoms with E-state index in [0.717, 1.165) is 12.1 Å². The van der Waals surface area contributed by atoms with Gasteiger partial charge in [-0.1, -0.05) is 0 Å². The first kappa shape index (κ1) is 14.8. The fourth-order valence-electron chi connectivity index (χ4n) is 2.24. The van der Waals surface area contributed by atoms with Crippen LogP contribution in [0.25, 0.3) is 0 Å². The van der Waals surface area contributed by atoms with Gasteiger partial charge in [-0.3, -0.25) is 0 Å². The molecule has 0 unspecified atom stereocenters. The Hall–Kier alpha value is -1.58. The van der Waals surface area contributed by atoms with E-state index in [4.69, 9.17) is 9.84 Å². The van der Waals surface area contributed by atoms with Gasteiger partial charge in [-0.2, -0.15) is 0 Å². The molecule has 20 heavy (non-hydrogen) atoms. The number of aliphatic hydroxyl groups is 4. The van der Waals surface area contributed by atoms with E-state index in [1.807, 2.05) is 0 Å². The number of hydrogen-bond acceptors (Lipinski definition) is 8. The Labute approximate surface area is 113 Å². The number of rotatable bonds is 2. The first-order valence-corrected chi connectivity index (χ1v) is 5.92. The van der Waals surface area contributed by atoms with Gasteiger partial charge in [-0.25, -0.2) is 0 Å². The fourth-order valence-corrected chi connectivity index (χ4v) is 2.24. The van der Waals surface area contributed by atoms with E-state index >= 15 is 0 Å². The maximum atomic E-state index is 9.89. The van der Waals surface area contributed by atoms with E-state index in [-0.39, 0.29) is 5.56 Å². The minimum Gasteiger partial charge on any atom is -0.508 e. The third-order valence-electron chi connectivity index (χ3n) is 3.30. The number of benzene rings is 1. The summed E-state index contributed by atoms with van der Waals surface area (Å²) < 4.78 is 5.21. The summed E-state index contributed by atoms with van der Waals surface area (Å²) in [6.45, 7) is -0.624. The molecule has 1 aromatic rings. The molecule has 8 heteroatoms. The van der Waals surface area contributed by atoms with E-state index in [2.05, 4.69) is 0 Å². The second-order valence-corrected chi connectivity index (χ2v) is 4.65. The highest BCUT2D eigenvalue weighted by atomic mass is 16.5. The number of ether oxygens (including phenoxy) is 1. The van der Waals surface area contributed by atoms with Gasteiger partial charge in [0.1, 0.15) is 47.8 Å². The molecule has 2 rings (SSSR count). The lowest BCUT2D eigenvalue weighted by Gasteiger charge is -2.40. The SMILES string of the molecule is OC[C@H]1O[C@@H](c2c(O)cc(O)cc2O)[C@H](O)[C@@H](O)[C@@H]1O. The Morgan fingerprint density at radius 2 is 1.45 bits per heavy atom. The van der Waals surface area contributed by atoms with Crippen LogP contribution in [0.1, 0.15) is 11.7 Å². The van der Waals surface area contributed by atoms with Gasteiger partial charge in [0.25, 0.3) is 0 Å². The molecule has 0 aliphatic carbocycles. The van der Waals surface area contributed by atoms with Gasteiger partial charge < -0.3 is 40.5 Å². The monoisotopic (exact) mass is 288 g/mol. The summed E-state index contributed by atoms with van der Waals surface area (Å²) in [5.41, 5.74) is -0.250. The molecule has 1 fully saturated rings. The van der Waals surface area contributed by atoms with Crippen LogP contribution in [0.3, 0.4) is 0 Å². The molecule has 7 N–H and O–H groups in total. The quantitative estimate of drug-likeness (QED) is 0.341. The minimum atomic E-state index is -1.63. The maximum absolute atomic E-state index is 9.89. The largest absolute Gasteiger partial charge is 0.508 e. The fraction of sp³-hybridized carbons (Fsp3) is 0.500. The lowest BCUT2D eigenvalue weighted by molar-refractivity contribution is -0.232. The van der Waals surface area contributed by atoms with Crippen LogP contribution in [0.15, 0.2) is 12.1 Å². The van der Waals surface area contributed by atoms with E-state index in [9.17, 15) is 30.6 Å². The Bertz CT molecular complexity index is 465. The Balaban J connectivity index is 2.41. The second kappa shape index (κ2) is 5.43. The molecule has 0 amide bonds. The summed E-state index contributed by atoms with van der Waals surface area (Å²) in [5.74, 6) is -1.49. The van der Waals surface area contributed by atoms with Gasteiger partial charge in [-0.05, 0) is 0 Å². The normalized spacial score (nSPS) is 34.1. The molecule has 112 valence electrons. The molecule has 8 nitrogen and oxygen atoms in total. The highest BCUT2D eigenvalue weighted by molar-refractivity contribution is 5.50. The van der Waals surface area contributed by atoms with Crippen molar-refractivity contribution in [2.75, 3.05) is 6.61 Å². The number of aromatic hydroxyl groups is 3. The van der Waals surface area contributed by atoms with Crippen LogP contribution in [0.5, 0.6) is 17.2 Å². The van der Waals surface area contributed by atoms with Gasteiger partial charge >= 0.3 is 0 Å². The van der Waals surface area contributed by atoms with Crippen molar-refractivity contribution in [2.24, 2.45) is 0 Å². The molecule has 1 aromatic carbocycles. The summed E-state index contributed by atoms with van der Waals surface area (Å²) in [5, 5.41) is 67.0. The van der Waals surface area contributed by atoms with Gasteiger partial charge in [-0.15, -0.1) is 0 Å². The first-order chi connectivity index (χ1) is 9.36. The number of phenolic OH excluding ortho intramolecular Hbond substituents is 3. The molecule has 0 saturated carbocycles. The van der Waals surface area contributed by atoms with Crippen LogP contribution in [-0.2, 0) is 4.74 Å². The Morgan fingerprint density at radius 3 is 1.95 bits per heavy atom. The Morgan fingerprint density at radius 1 is 0.900 bits per heavy atom. The van der Waals surface area contributed by atoms with Gasteiger partial charge in [0, 0.05) is 12.1 Å². The number of aliphatic hydroxyl groups excluding tert-OH is 4. The average molecular weight is 288 g/mol. The lowest BCUT2D eigenvalue weighted by atomic mass is 9.90. The van der Waals surface area contributed by atoms with Crippen LogP contribution >= 0.6 is 0 Å². The van der Waals surface area contributed by atoms with Crippen LogP contribution in [-0.4, -0.2) is 66.8 Å². The summed E-state index contributed by atoms with van der Waals surface area (Å²) in [6.07, 6.45) is -7.32. The molecule has 0 aromatic heterocycles. The molecule has 0 spiro atoms. The molecule has 1 heterocycles. The second-order valence-electron chi connectivity index (χ2n) is 4.65. The highest BCUT2D eigenvalue weighted by Crippen LogP contribution is 2.42. The maximum Gasteiger partial charge on any atom is 0.128 e.